The molecule has 0 amide bonds. The van der Waals surface area contributed by atoms with E-state index in [4.69, 9.17) is 11.6 Å². The quantitative estimate of drug-likeness (QED) is 0.707. The van der Waals surface area contributed by atoms with Crippen molar-refractivity contribution in [3.63, 3.8) is 0 Å². The number of hydrogen-bond donors (Lipinski definition) is 0. The highest BCUT2D eigenvalue weighted by atomic mass is 35.5. The molecule has 0 atom stereocenters. The van der Waals surface area contributed by atoms with Crippen molar-refractivity contribution < 1.29 is 22.7 Å². The first-order valence-corrected chi connectivity index (χ1v) is 4.04. The van der Waals surface area contributed by atoms with Crippen LogP contribution in [0.4, 0.5) is 13.2 Å². The summed E-state index contributed by atoms with van der Waals surface area (Å²) in [5.41, 5.74) is -2.11. The number of aromatic nitrogens is 2. The fraction of sp³-hybridized carbons (Fsp3) is 0.429. The fourth-order valence-corrected chi connectivity index (χ4v) is 1.19. The molecule has 0 bridgehead atoms. The summed E-state index contributed by atoms with van der Waals surface area (Å²) in [7, 11) is 2.16. The zero-order valence-electron chi connectivity index (χ0n) is 7.72. The lowest BCUT2D eigenvalue weighted by Gasteiger charge is -2.04. The lowest BCUT2D eigenvalue weighted by molar-refractivity contribution is -0.142. The van der Waals surface area contributed by atoms with Crippen LogP contribution in [0.2, 0.25) is 5.15 Å². The van der Waals surface area contributed by atoms with Crippen molar-refractivity contribution in [3.05, 3.63) is 16.4 Å². The second kappa shape index (κ2) is 3.73. The molecule has 4 nitrogen and oxygen atoms in total. The van der Waals surface area contributed by atoms with E-state index >= 15 is 0 Å². The van der Waals surface area contributed by atoms with Gasteiger partial charge in [0, 0.05) is 7.05 Å². The van der Waals surface area contributed by atoms with Crippen molar-refractivity contribution >= 4 is 17.6 Å². The lowest BCUT2D eigenvalue weighted by Crippen LogP contribution is -2.13. The first kappa shape index (κ1) is 11.8. The van der Waals surface area contributed by atoms with Crippen LogP contribution in [0.15, 0.2) is 0 Å². The molecule has 0 spiro atoms. The van der Waals surface area contributed by atoms with E-state index in [9.17, 15) is 18.0 Å². The molecule has 0 aliphatic rings. The van der Waals surface area contributed by atoms with Gasteiger partial charge in [0.25, 0.3) is 0 Å². The number of carbonyl (C=O) groups is 1. The van der Waals surface area contributed by atoms with Crippen LogP contribution >= 0.6 is 11.6 Å². The Kier molecular flexibility index (Phi) is 2.94. The monoisotopic (exact) mass is 242 g/mol. The second-order valence-corrected chi connectivity index (χ2v) is 2.99. The molecule has 15 heavy (non-hydrogen) atoms. The number of hydrogen-bond acceptors (Lipinski definition) is 3. The topological polar surface area (TPSA) is 44.1 Å². The molecule has 0 radical (unpaired) electrons. The Morgan fingerprint density at radius 1 is 1.53 bits per heavy atom. The van der Waals surface area contributed by atoms with Crippen molar-refractivity contribution in [2.45, 2.75) is 6.18 Å². The van der Waals surface area contributed by atoms with E-state index < -0.39 is 28.6 Å². The minimum atomic E-state index is -4.74. The van der Waals surface area contributed by atoms with Crippen LogP contribution in [-0.2, 0) is 18.0 Å². The highest BCUT2D eigenvalue weighted by molar-refractivity contribution is 6.32. The van der Waals surface area contributed by atoms with Crippen LogP contribution in [0, 0.1) is 0 Å². The molecule has 8 heteroatoms. The summed E-state index contributed by atoms with van der Waals surface area (Å²) >= 11 is 5.49. The maximum atomic E-state index is 12.4. The van der Waals surface area contributed by atoms with Crippen molar-refractivity contribution in [1.82, 2.24) is 9.78 Å². The molecule has 84 valence electrons. The molecule has 1 rings (SSSR count). The van der Waals surface area contributed by atoms with Gasteiger partial charge < -0.3 is 4.74 Å². The summed E-state index contributed by atoms with van der Waals surface area (Å²) in [5.74, 6) is -1.17. The summed E-state index contributed by atoms with van der Waals surface area (Å²) in [4.78, 5) is 11.1. The minimum absolute atomic E-state index is 0.408. The predicted octanol–water partition coefficient (Wildman–Crippen LogP) is 1.88. The number of carbonyl (C=O) groups excluding carboxylic acids is 1. The molecule has 0 saturated heterocycles. The normalized spacial score (nSPS) is 11.6. The molecular formula is C7H6ClF3N2O2. The Hall–Kier alpha value is -1.24. The highest BCUT2D eigenvalue weighted by Gasteiger charge is 2.41. The molecule has 0 N–H and O–H groups in total. The Bertz CT molecular complexity index is 400. The first-order valence-electron chi connectivity index (χ1n) is 3.67. The van der Waals surface area contributed by atoms with Crippen LogP contribution < -0.4 is 0 Å². The Labute approximate surface area is 87.6 Å². The maximum absolute atomic E-state index is 12.4. The van der Waals surface area contributed by atoms with Gasteiger partial charge in [-0.2, -0.15) is 18.3 Å². The summed E-state index contributed by atoms with van der Waals surface area (Å²) in [6.07, 6.45) is -4.74. The van der Waals surface area contributed by atoms with Crippen LogP contribution in [0.1, 0.15) is 16.1 Å². The zero-order valence-corrected chi connectivity index (χ0v) is 8.48. The van der Waals surface area contributed by atoms with Gasteiger partial charge in [0.05, 0.1) is 7.11 Å². The van der Waals surface area contributed by atoms with Crippen LogP contribution in [0.25, 0.3) is 0 Å². The third-order valence-electron chi connectivity index (χ3n) is 1.64. The molecule has 0 saturated carbocycles. The number of ether oxygens (including phenoxy) is 1. The zero-order chi connectivity index (χ0) is 11.8. The van der Waals surface area contributed by atoms with Gasteiger partial charge in [-0.25, -0.2) is 4.79 Å². The molecule has 0 aliphatic carbocycles. The number of esters is 1. The van der Waals surface area contributed by atoms with Gasteiger partial charge in [0.15, 0.2) is 5.69 Å². The number of aryl methyl sites for hydroxylation is 1. The first-order chi connectivity index (χ1) is 6.79. The number of rotatable bonds is 1. The molecule has 0 fully saturated rings. The average Bonchev–Trinajstić information content (AvgIpc) is 2.42. The molecular weight excluding hydrogens is 237 g/mol. The van der Waals surface area contributed by atoms with E-state index in [0.717, 1.165) is 11.8 Å². The van der Waals surface area contributed by atoms with Crippen LogP contribution in [0.3, 0.4) is 0 Å². The van der Waals surface area contributed by atoms with Gasteiger partial charge in [-0.3, -0.25) is 4.68 Å². The minimum Gasteiger partial charge on any atom is -0.465 e. The second-order valence-electron chi connectivity index (χ2n) is 2.63. The SMILES string of the molecule is COC(=O)c1c(C(F)(F)F)nn(C)c1Cl. The smallest absolute Gasteiger partial charge is 0.436 e. The van der Waals surface area contributed by atoms with Crippen LogP contribution in [0.5, 0.6) is 0 Å². The summed E-state index contributed by atoms with van der Waals surface area (Å²) in [5, 5.41) is 2.70. The van der Waals surface area contributed by atoms with Gasteiger partial charge in [-0.15, -0.1) is 0 Å². The standard InChI is InChI=1S/C7H6ClF3N2O2/c1-13-5(8)3(6(14)15-2)4(12-13)7(9,10)11/h1-2H3. The van der Waals surface area contributed by atoms with E-state index in [1.54, 1.807) is 0 Å². The number of halogens is 4. The molecule has 1 heterocycles. The molecule has 1 aromatic rings. The maximum Gasteiger partial charge on any atom is 0.436 e. The molecule has 1 aromatic heterocycles. The molecule has 0 unspecified atom stereocenters. The summed E-state index contributed by atoms with van der Waals surface area (Å²) in [6.45, 7) is 0. The Morgan fingerprint density at radius 2 is 2.07 bits per heavy atom. The van der Waals surface area contributed by atoms with Crippen molar-refractivity contribution in [2.24, 2.45) is 7.05 Å². The van der Waals surface area contributed by atoms with Gasteiger partial charge in [0.1, 0.15) is 10.7 Å². The van der Waals surface area contributed by atoms with Gasteiger partial charge in [-0.1, -0.05) is 11.6 Å². The van der Waals surface area contributed by atoms with E-state index in [1.807, 2.05) is 0 Å². The summed E-state index contributed by atoms with van der Waals surface area (Å²) in [6, 6.07) is 0. The van der Waals surface area contributed by atoms with Crippen molar-refractivity contribution in [1.29, 1.82) is 0 Å². The van der Waals surface area contributed by atoms with Gasteiger partial charge >= 0.3 is 12.1 Å². The largest absolute Gasteiger partial charge is 0.465 e. The van der Waals surface area contributed by atoms with E-state index in [-0.39, 0.29) is 0 Å². The third kappa shape index (κ3) is 2.06. The van der Waals surface area contributed by atoms with E-state index in [2.05, 4.69) is 9.84 Å². The van der Waals surface area contributed by atoms with Crippen molar-refractivity contribution in [3.8, 4) is 0 Å². The highest BCUT2D eigenvalue weighted by Crippen LogP contribution is 2.34. The number of alkyl halides is 3. The summed E-state index contributed by atoms with van der Waals surface area (Å²) < 4.78 is 42.1. The van der Waals surface area contributed by atoms with Gasteiger partial charge in [-0.05, 0) is 0 Å². The Morgan fingerprint density at radius 3 is 2.47 bits per heavy atom. The van der Waals surface area contributed by atoms with E-state index in [0.29, 0.717) is 0 Å². The number of methoxy groups -OCH3 is 1. The van der Waals surface area contributed by atoms with Gasteiger partial charge in [0.2, 0.25) is 0 Å². The predicted molar refractivity (Wildman–Crippen MR) is 44.6 cm³/mol. The molecule has 0 aliphatic heterocycles. The molecule has 0 aromatic carbocycles. The van der Waals surface area contributed by atoms with Crippen molar-refractivity contribution in [2.75, 3.05) is 7.11 Å². The third-order valence-corrected chi connectivity index (χ3v) is 2.07. The lowest BCUT2D eigenvalue weighted by atomic mass is 10.2. The van der Waals surface area contributed by atoms with E-state index in [1.165, 1.54) is 7.05 Å². The fourth-order valence-electron chi connectivity index (χ4n) is 0.985. The Balaban J connectivity index is 3.40. The van der Waals surface area contributed by atoms with Crippen LogP contribution in [-0.4, -0.2) is 22.9 Å². The average molecular weight is 243 g/mol. The number of nitrogens with zero attached hydrogens (tertiary/aromatic N) is 2.